The van der Waals surface area contributed by atoms with E-state index in [4.69, 9.17) is 11.6 Å². The van der Waals surface area contributed by atoms with Crippen molar-refractivity contribution in [2.45, 2.75) is 6.42 Å². The first kappa shape index (κ1) is 11.8. The van der Waals surface area contributed by atoms with Crippen molar-refractivity contribution in [3.63, 3.8) is 0 Å². The SMILES string of the molecule is O=[N+]([O-])c1cccc(CCN=C=S)c1Cl. The average Bonchev–Trinajstić information content (AvgIpc) is 2.20. The first-order valence-corrected chi connectivity index (χ1v) is 4.91. The van der Waals surface area contributed by atoms with Gasteiger partial charge in [-0.1, -0.05) is 23.7 Å². The van der Waals surface area contributed by atoms with Gasteiger partial charge >= 0.3 is 0 Å². The molecule has 0 heterocycles. The highest BCUT2D eigenvalue weighted by Gasteiger charge is 2.14. The van der Waals surface area contributed by atoms with Crippen LogP contribution in [-0.4, -0.2) is 16.6 Å². The molecule has 0 saturated heterocycles. The van der Waals surface area contributed by atoms with E-state index in [1.54, 1.807) is 12.1 Å². The van der Waals surface area contributed by atoms with E-state index in [-0.39, 0.29) is 10.7 Å². The number of aliphatic imine (C=N–C) groups is 1. The normalized spacial score (nSPS) is 9.40. The molecule has 0 aromatic heterocycles. The second-order valence-corrected chi connectivity index (χ2v) is 3.29. The van der Waals surface area contributed by atoms with Crippen LogP contribution in [0.1, 0.15) is 5.56 Å². The average molecular weight is 243 g/mol. The fourth-order valence-electron chi connectivity index (χ4n) is 1.12. The Kier molecular flexibility index (Phi) is 4.37. The minimum atomic E-state index is -0.506. The predicted molar refractivity (Wildman–Crippen MR) is 61.7 cm³/mol. The third kappa shape index (κ3) is 3.09. The van der Waals surface area contributed by atoms with Gasteiger partial charge in [0.15, 0.2) is 0 Å². The fraction of sp³-hybridized carbons (Fsp3) is 0.222. The maximum absolute atomic E-state index is 10.6. The molecule has 0 saturated carbocycles. The highest BCUT2D eigenvalue weighted by atomic mass is 35.5. The highest BCUT2D eigenvalue weighted by molar-refractivity contribution is 7.78. The van der Waals surface area contributed by atoms with Crippen molar-refractivity contribution in [2.24, 2.45) is 4.99 Å². The van der Waals surface area contributed by atoms with Crippen molar-refractivity contribution in [1.29, 1.82) is 0 Å². The molecular formula is C9H7ClN2O2S. The van der Waals surface area contributed by atoms with E-state index in [0.717, 1.165) is 0 Å². The van der Waals surface area contributed by atoms with Crippen LogP contribution in [0.25, 0.3) is 0 Å². The molecule has 0 aliphatic carbocycles. The highest BCUT2D eigenvalue weighted by Crippen LogP contribution is 2.27. The lowest BCUT2D eigenvalue weighted by atomic mass is 10.1. The lowest BCUT2D eigenvalue weighted by Crippen LogP contribution is -1.95. The molecule has 1 aromatic carbocycles. The Morgan fingerprint density at radius 2 is 2.33 bits per heavy atom. The van der Waals surface area contributed by atoms with Gasteiger partial charge in [0.25, 0.3) is 5.69 Å². The molecule has 1 aromatic rings. The van der Waals surface area contributed by atoms with Crippen LogP contribution in [-0.2, 0) is 6.42 Å². The molecule has 0 radical (unpaired) electrons. The van der Waals surface area contributed by atoms with Crippen molar-refractivity contribution in [1.82, 2.24) is 0 Å². The quantitative estimate of drug-likeness (QED) is 0.353. The van der Waals surface area contributed by atoms with E-state index in [1.165, 1.54) is 6.07 Å². The molecule has 0 atom stereocenters. The van der Waals surface area contributed by atoms with Gasteiger partial charge in [-0.05, 0) is 24.2 Å². The van der Waals surface area contributed by atoms with Crippen LogP contribution in [0.15, 0.2) is 23.2 Å². The topological polar surface area (TPSA) is 55.5 Å². The number of hydrogen-bond acceptors (Lipinski definition) is 4. The van der Waals surface area contributed by atoms with Crippen LogP contribution in [0.5, 0.6) is 0 Å². The second kappa shape index (κ2) is 5.56. The Balaban J connectivity index is 2.94. The van der Waals surface area contributed by atoms with E-state index in [0.29, 0.717) is 18.5 Å². The Hall–Kier alpha value is -1.29. The summed E-state index contributed by atoms with van der Waals surface area (Å²) in [5, 5.41) is 13.0. The van der Waals surface area contributed by atoms with Gasteiger partial charge in [0.2, 0.25) is 0 Å². The Bertz CT molecular complexity index is 430. The summed E-state index contributed by atoms with van der Waals surface area (Å²) in [6, 6.07) is 4.70. The summed E-state index contributed by atoms with van der Waals surface area (Å²) in [5.41, 5.74) is 0.611. The molecule has 0 aliphatic rings. The zero-order valence-corrected chi connectivity index (χ0v) is 9.22. The van der Waals surface area contributed by atoms with Crippen LogP contribution in [0, 0.1) is 10.1 Å². The van der Waals surface area contributed by atoms with E-state index < -0.39 is 4.92 Å². The molecule has 0 bridgehead atoms. The molecule has 78 valence electrons. The summed E-state index contributed by atoms with van der Waals surface area (Å²) in [4.78, 5) is 13.8. The summed E-state index contributed by atoms with van der Waals surface area (Å²) in [6.07, 6.45) is 0.518. The number of rotatable bonds is 4. The van der Waals surface area contributed by atoms with Gasteiger partial charge in [-0.2, -0.15) is 0 Å². The molecule has 0 spiro atoms. The summed E-state index contributed by atoms with van der Waals surface area (Å²) in [7, 11) is 0. The minimum Gasteiger partial charge on any atom is -0.258 e. The molecule has 4 nitrogen and oxygen atoms in total. The molecule has 1 rings (SSSR count). The van der Waals surface area contributed by atoms with Crippen molar-refractivity contribution in [2.75, 3.05) is 6.54 Å². The second-order valence-electron chi connectivity index (χ2n) is 2.73. The number of benzene rings is 1. The minimum absolute atomic E-state index is 0.0829. The number of nitro groups is 1. The van der Waals surface area contributed by atoms with E-state index >= 15 is 0 Å². The standard InChI is InChI=1S/C9H7ClN2O2S/c10-9-7(4-5-11-6-15)2-1-3-8(9)12(13)14/h1-3H,4-5H2. The van der Waals surface area contributed by atoms with Crippen molar-refractivity contribution in [3.05, 3.63) is 38.9 Å². The van der Waals surface area contributed by atoms with Gasteiger partial charge in [0.05, 0.1) is 16.6 Å². The third-order valence-electron chi connectivity index (χ3n) is 1.81. The Morgan fingerprint density at radius 3 is 2.93 bits per heavy atom. The first-order valence-electron chi connectivity index (χ1n) is 4.12. The van der Waals surface area contributed by atoms with Crippen molar-refractivity contribution >= 4 is 34.7 Å². The predicted octanol–water partition coefficient (Wildman–Crippen LogP) is 2.89. The number of thiocarbonyl (C=S) groups is 1. The van der Waals surface area contributed by atoms with Gasteiger partial charge in [0, 0.05) is 6.07 Å². The number of hydrogen-bond donors (Lipinski definition) is 0. The zero-order valence-electron chi connectivity index (χ0n) is 7.64. The third-order valence-corrected chi connectivity index (χ3v) is 2.38. The monoisotopic (exact) mass is 242 g/mol. The van der Waals surface area contributed by atoms with Crippen molar-refractivity contribution in [3.8, 4) is 0 Å². The first-order chi connectivity index (χ1) is 7.16. The number of nitrogens with zero attached hydrogens (tertiary/aromatic N) is 2. The molecule has 15 heavy (non-hydrogen) atoms. The van der Waals surface area contributed by atoms with Crippen LogP contribution in [0.2, 0.25) is 5.02 Å². The molecule has 0 N–H and O–H groups in total. The van der Waals surface area contributed by atoms with E-state index in [1.807, 2.05) is 0 Å². The van der Waals surface area contributed by atoms with Gasteiger partial charge in [-0.15, -0.1) is 0 Å². The Morgan fingerprint density at radius 1 is 1.60 bits per heavy atom. The lowest BCUT2D eigenvalue weighted by molar-refractivity contribution is -0.384. The number of isothiocyanates is 1. The molecular weight excluding hydrogens is 236 g/mol. The molecule has 6 heteroatoms. The van der Waals surface area contributed by atoms with Crippen LogP contribution >= 0.6 is 23.8 Å². The lowest BCUT2D eigenvalue weighted by Gasteiger charge is -2.01. The molecule has 0 fully saturated rings. The van der Waals surface area contributed by atoms with Gasteiger partial charge in [-0.3, -0.25) is 10.1 Å². The van der Waals surface area contributed by atoms with Crippen molar-refractivity contribution < 1.29 is 4.92 Å². The summed E-state index contributed by atoms with van der Waals surface area (Å²) < 4.78 is 0. The number of halogens is 1. The zero-order chi connectivity index (χ0) is 11.3. The molecule has 0 unspecified atom stereocenters. The Labute approximate surface area is 96.7 Å². The molecule has 0 aliphatic heterocycles. The van der Waals surface area contributed by atoms with Crippen LogP contribution in [0.4, 0.5) is 5.69 Å². The van der Waals surface area contributed by atoms with E-state index in [9.17, 15) is 10.1 Å². The largest absolute Gasteiger partial charge is 0.288 e. The fourth-order valence-corrected chi connectivity index (χ4v) is 1.50. The maximum Gasteiger partial charge on any atom is 0.288 e. The summed E-state index contributed by atoms with van der Waals surface area (Å²) in [5.74, 6) is 0. The van der Waals surface area contributed by atoms with Gasteiger partial charge in [-0.25, -0.2) is 4.99 Å². The summed E-state index contributed by atoms with van der Waals surface area (Å²) in [6.45, 7) is 0.435. The molecule has 0 amide bonds. The summed E-state index contributed by atoms with van der Waals surface area (Å²) >= 11 is 10.3. The maximum atomic E-state index is 10.6. The van der Waals surface area contributed by atoms with Gasteiger partial charge in [0.1, 0.15) is 5.02 Å². The smallest absolute Gasteiger partial charge is 0.258 e. The van der Waals surface area contributed by atoms with Gasteiger partial charge < -0.3 is 0 Å². The van der Waals surface area contributed by atoms with Crippen LogP contribution in [0.3, 0.4) is 0 Å². The number of nitro benzene ring substituents is 1. The van der Waals surface area contributed by atoms with Crippen LogP contribution < -0.4 is 0 Å². The van der Waals surface area contributed by atoms with E-state index in [2.05, 4.69) is 22.4 Å².